The van der Waals surface area contributed by atoms with Crippen molar-refractivity contribution >= 4 is 50.1 Å². The zero-order valence-corrected chi connectivity index (χ0v) is 14.0. The molecule has 0 amide bonds. The molecule has 94 valence electrons. The molecule has 0 saturated carbocycles. The third-order valence-corrected chi connectivity index (χ3v) is 4.52. The zero-order valence-electron chi connectivity index (χ0n) is 9.45. The van der Waals surface area contributed by atoms with E-state index < -0.39 is 0 Å². The summed E-state index contributed by atoms with van der Waals surface area (Å²) in [5.41, 5.74) is 1.73. The highest BCUT2D eigenvalue weighted by Crippen LogP contribution is 2.25. The van der Waals surface area contributed by atoms with E-state index >= 15 is 0 Å². The molecular formula is C12H9BrClIN2O. The van der Waals surface area contributed by atoms with Crippen LogP contribution in [-0.2, 0) is 11.3 Å². The van der Waals surface area contributed by atoms with Crippen LogP contribution in [0.4, 0.5) is 0 Å². The SMILES string of the molecule is COCc1nc(-c2ccc(Br)cc2)nc(Cl)c1I. The summed E-state index contributed by atoms with van der Waals surface area (Å²) in [5.74, 6) is 0.611. The minimum Gasteiger partial charge on any atom is -0.378 e. The summed E-state index contributed by atoms with van der Waals surface area (Å²) in [6.07, 6.45) is 0. The first-order valence-corrected chi connectivity index (χ1v) is 7.33. The van der Waals surface area contributed by atoms with Crippen LogP contribution in [0.2, 0.25) is 5.15 Å². The predicted molar refractivity (Wildman–Crippen MR) is 83.6 cm³/mol. The molecule has 0 unspecified atom stereocenters. The van der Waals surface area contributed by atoms with Gasteiger partial charge in [0, 0.05) is 17.1 Å². The van der Waals surface area contributed by atoms with Crippen molar-refractivity contribution in [3.8, 4) is 11.4 Å². The van der Waals surface area contributed by atoms with Crippen LogP contribution in [0.5, 0.6) is 0 Å². The largest absolute Gasteiger partial charge is 0.378 e. The van der Waals surface area contributed by atoms with Gasteiger partial charge in [-0.15, -0.1) is 0 Å². The van der Waals surface area contributed by atoms with E-state index in [4.69, 9.17) is 16.3 Å². The summed E-state index contributed by atoms with van der Waals surface area (Å²) in [6, 6.07) is 7.78. The lowest BCUT2D eigenvalue weighted by Gasteiger charge is -2.07. The molecule has 6 heteroatoms. The number of nitrogens with zero attached hydrogens (tertiary/aromatic N) is 2. The summed E-state index contributed by atoms with van der Waals surface area (Å²) >= 11 is 11.6. The highest BCUT2D eigenvalue weighted by molar-refractivity contribution is 14.1. The Morgan fingerprint density at radius 3 is 2.56 bits per heavy atom. The normalized spacial score (nSPS) is 10.7. The number of methoxy groups -OCH3 is 1. The molecule has 0 aliphatic carbocycles. The van der Waals surface area contributed by atoms with Gasteiger partial charge in [0.2, 0.25) is 0 Å². The molecule has 2 rings (SSSR count). The minimum absolute atomic E-state index is 0.421. The first kappa shape index (κ1) is 14.2. The second kappa shape index (κ2) is 6.27. The fraction of sp³-hybridized carbons (Fsp3) is 0.167. The van der Waals surface area contributed by atoms with Gasteiger partial charge < -0.3 is 4.74 Å². The van der Waals surface area contributed by atoms with E-state index in [2.05, 4.69) is 48.5 Å². The highest BCUT2D eigenvalue weighted by atomic mass is 127. The molecule has 2 aromatic rings. The van der Waals surface area contributed by atoms with Gasteiger partial charge in [0.1, 0.15) is 5.15 Å². The quantitative estimate of drug-likeness (QED) is 0.528. The van der Waals surface area contributed by atoms with Crippen LogP contribution in [0.15, 0.2) is 28.7 Å². The maximum Gasteiger partial charge on any atom is 0.161 e. The zero-order chi connectivity index (χ0) is 13.1. The van der Waals surface area contributed by atoms with Crippen LogP contribution < -0.4 is 0 Å². The highest BCUT2D eigenvalue weighted by Gasteiger charge is 2.11. The average Bonchev–Trinajstić information content (AvgIpc) is 2.36. The number of hydrogen-bond acceptors (Lipinski definition) is 3. The van der Waals surface area contributed by atoms with Gasteiger partial charge in [-0.2, -0.15) is 0 Å². The second-order valence-corrected chi connectivity index (χ2v) is 5.89. The maximum absolute atomic E-state index is 6.11. The molecule has 0 N–H and O–H groups in total. The molecule has 0 bridgehead atoms. The monoisotopic (exact) mass is 438 g/mol. The number of benzene rings is 1. The molecule has 3 nitrogen and oxygen atoms in total. The molecule has 0 spiro atoms. The number of rotatable bonds is 3. The van der Waals surface area contributed by atoms with Crippen molar-refractivity contribution in [2.75, 3.05) is 7.11 Å². The van der Waals surface area contributed by atoms with Crippen LogP contribution in [0, 0.1) is 3.57 Å². The van der Waals surface area contributed by atoms with Crippen molar-refractivity contribution in [2.24, 2.45) is 0 Å². The van der Waals surface area contributed by atoms with Crippen LogP contribution in [0.25, 0.3) is 11.4 Å². The lowest BCUT2D eigenvalue weighted by atomic mass is 10.2. The van der Waals surface area contributed by atoms with Crippen molar-refractivity contribution in [3.63, 3.8) is 0 Å². The summed E-state index contributed by atoms with van der Waals surface area (Å²) in [5, 5.41) is 0.454. The predicted octanol–water partition coefficient (Wildman–Crippen LogP) is 4.31. The molecule has 1 aromatic heterocycles. The van der Waals surface area contributed by atoms with E-state index in [0.29, 0.717) is 17.6 Å². The summed E-state index contributed by atoms with van der Waals surface area (Å²) in [7, 11) is 1.63. The van der Waals surface area contributed by atoms with Crippen molar-refractivity contribution in [3.05, 3.63) is 43.2 Å². The smallest absolute Gasteiger partial charge is 0.161 e. The van der Waals surface area contributed by atoms with E-state index in [0.717, 1.165) is 19.3 Å². The fourth-order valence-electron chi connectivity index (χ4n) is 1.42. The molecule has 0 saturated heterocycles. The third-order valence-electron chi connectivity index (χ3n) is 2.26. The second-order valence-electron chi connectivity index (χ2n) is 3.54. The molecule has 0 aliphatic rings. The Hall–Kier alpha value is -0.240. The molecular weight excluding hydrogens is 430 g/mol. The number of ether oxygens (including phenoxy) is 1. The lowest BCUT2D eigenvalue weighted by molar-refractivity contribution is 0.181. The molecule has 1 heterocycles. The Labute approximate surface area is 132 Å². The summed E-state index contributed by atoms with van der Waals surface area (Å²) < 4.78 is 6.96. The lowest BCUT2D eigenvalue weighted by Crippen LogP contribution is -2.01. The van der Waals surface area contributed by atoms with Gasteiger partial charge in [-0.3, -0.25) is 0 Å². The van der Waals surface area contributed by atoms with Crippen molar-refractivity contribution in [2.45, 2.75) is 6.61 Å². The Kier molecular flexibility index (Phi) is 4.94. The first-order valence-electron chi connectivity index (χ1n) is 5.08. The maximum atomic E-state index is 6.11. The van der Waals surface area contributed by atoms with E-state index in [1.54, 1.807) is 7.11 Å². The minimum atomic E-state index is 0.421. The Morgan fingerprint density at radius 1 is 1.28 bits per heavy atom. The topological polar surface area (TPSA) is 35.0 Å². The van der Waals surface area contributed by atoms with E-state index in [9.17, 15) is 0 Å². The van der Waals surface area contributed by atoms with Crippen molar-refractivity contribution in [1.82, 2.24) is 9.97 Å². The van der Waals surface area contributed by atoms with Crippen LogP contribution in [-0.4, -0.2) is 17.1 Å². The van der Waals surface area contributed by atoms with Gasteiger partial charge in [-0.25, -0.2) is 9.97 Å². The average molecular weight is 439 g/mol. The van der Waals surface area contributed by atoms with Gasteiger partial charge >= 0.3 is 0 Å². The molecule has 0 fully saturated rings. The Morgan fingerprint density at radius 2 is 1.94 bits per heavy atom. The molecule has 0 aliphatic heterocycles. The van der Waals surface area contributed by atoms with Crippen molar-refractivity contribution in [1.29, 1.82) is 0 Å². The Bertz CT molecular complexity index is 563. The van der Waals surface area contributed by atoms with Gasteiger partial charge in [0.05, 0.1) is 15.9 Å². The van der Waals surface area contributed by atoms with Crippen LogP contribution >= 0.6 is 50.1 Å². The molecule has 0 atom stereocenters. The number of aromatic nitrogens is 2. The first-order chi connectivity index (χ1) is 8.61. The summed E-state index contributed by atoms with van der Waals surface area (Å²) in [6.45, 7) is 0.421. The number of hydrogen-bond donors (Lipinski definition) is 0. The molecule has 1 aromatic carbocycles. The summed E-state index contributed by atoms with van der Waals surface area (Å²) in [4.78, 5) is 8.77. The number of halogens is 3. The fourth-order valence-corrected chi connectivity index (χ4v) is 2.27. The third kappa shape index (κ3) is 3.20. The van der Waals surface area contributed by atoms with Gasteiger partial charge in [-0.1, -0.05) is 39.7 Å². The van der Waals surface area contributed by atoms with E-state index in [1.807, 2.05) is 24.3 Å². The van der Waals surface area contributed by atoms with E-state index in [-0.39, 0.29) is 0 Å². The van der Waals surface area contributed by atoms with Gasteiger partial charge in [0.15, 0.2) is 5.82 Å². The standard InChI is InChI=1S/C12H9BrClIN2O/c1-18-6-9-10(15)11(14)17-12(16-9)7-2-4-8(13)5-3-7/h2-5H,6H2,1H3. The Balaban J connectivity index is 2.48. The molecule has 18 heavy (non-hydrogen) atoms. The molecule has 0 radical (unpaired) electrons. The van der Waals surface area contributed by atoms with Gasteiger partial charge in [0.25, 0.3) is 0 Å². The van der Waals surface area contributed by atoms with Crippen LogP contribution in [0.3, 0.4) is 0 Å². The van der Waals surface area contributed by atoms with Crippen molar-refractivity contribution < 1.29 is 4.74 Å². The van der Waals surface area contributed by atoms with E-state index in [1.165, 1.54) is 0 Å². The van der Waals surface area contributed by atoms with Crippen LogP contribution in [0.1, 0.15) is 5.69 Å². The van der Waals surface area contributed by atoms with Gasteiger partial charge in [-0.05, 0) is 34.7 Å².